The zero-order valence-corrected chi connectivity index (χ0v) is 20.7. The highest BCUT2D eigenvalue weighted by molar-refractivity contribution is 9.09. The number of carbonyl (C=O) groups excluding carboxylic acids is 5. The second kappa shape index (κ2) is 12.6. The van der Waals surface area contributed by atoms with E-state index in [4.69, 9.17) is 0 Å². The molecule has 0 aromatic heterocycles. The van der Waals surface area contributed by atoms with Gasteiger partial charge < -0.3 is 10.6 Å². The molecular weight excluding hydrogens is 504 g/mol. The smallest absolute Gasteiger partial charge is 0.264 e. The van der Waals surface area contributed by atoms with Crippen LogP contribution in [0.3, 0.4) is 0 Å². The molecule has 10 heteroatoms. The number of hydrogen-bond acceptors (Lipinski definition) is 6. The maximum absolute atomic E-state index is 13.1. The van der Waals surface area contributed by atoms with E-state index in [2.05, 4.69) is 31.9 Å². The maximum Gasteiger partial charge on any atom is 0.264 e. The van der Waals surface area contributed by atoms with Crippen LogP contribution in [0.25, 0.3) is 0 Å². The number of unbranched alkanes of at least 4 members (excludes halogenated alkanes) is 5. The van der Waals surface area contributed by atoms with Crippen LogP contribution in [0, 0.1) is 0 Å². The summed E-state index contributed by atoms with van der Waals surface area (Å²) in [4.78, 5) is 62.5. The molecule has 9 nitrogen and oxygen atoms in total. The molecule has 0 bridgehead atoms. The predicted octanol–water partition coefficient (Wildman–Crippen LogP) is 2.74. The summed E-state index contributed by atoms with van der Waals surface area (Å²) in [6.45, 7) is 0.765. The number of carbonyl (C=O) groups is 5. The number of rotatable bonds is 13. The Morgan fingerprint density at radius 2 is 1.74 bits per heavy atom. The molecule has 0 aliphatic carbocycles. The summed E-state index contributed by atoms with van der Waals surface area (Å²) < 4.78 is 0. The number of amides is 5. The lowest BCUT2D eigenvalue weighted by molar-refractivity contribution is -0.136. The second-order valence-corrected chi connectivity index (χ2v) is 9.31. The van der Waals surface area contributed by atoms with E-state index in [1.807, 2.05) is 0 Å². The van der Waals surface area contributed by atoms with Crippen molar-refractivity contribution in [2.75, 3.05) is 23.7 Å². The molecule has 1 unspecified atom stereocenters. The highest BCUT2D eigenvalue weighted by Gasteiger charge is 2.45. The van der Waals surface area contributed by atoms with Crippen LogP contribution < -0.4 is 16.0 Å². The Labute approximate surface area is 207 Å². The highest BCUT2D eigenvalue weighted by atomic mass is 79.9. The highest BCUT2D eigenvalue weighted by Crippen LogP contribution is 2.32. The fraction of sp³-hybridized carbons (Fsp3) is 0.542. The van der Waals surface area contributed by atoms with Gasteiger partial charge in [-0.2, -0.15) is 0 Å². The van der Waals surface area contributed by atoms with Crippen LogP contribution in [0.2, 0.25) is 0 Å². The van der Waals surface area contributed by atoms with Crippen molar-refractivity contribution in [3.05, 3.63) is 29.3 Å². The van der Waals surface area contributed by atoms with Crippen LogP contribution in [0.1, 0.15) is 78.5 Å². The first-order valence-corrected chi connectivity index (χ1v) is 13.0. The van der Waals surface area contributed by atoms with Crippen molar-refractivity contribution in [1.29, 1.82) is 0 Å². The molecule has 1 fully saturated rings. The summed E-state index contributed by atoms with van der Waals surface area (Å²) in [6, 6.07) is 3.90. The lowest BCUT2D eigenvalue weighted by Crippen LogP contribution is -2.54. The molecule has 1 atom stereocenters. The Morgan fingerprint density at radius 3 is 2.47 bits per heavy atom. The standard InChI is InChI=1S/C24H31BrN4O5/c25-13-6-4-2-1-3-5-10-19(30)27-15-14-26-17-9-7-8-16-21(17)24(34)29(23(16)33)18-11-12-20(31)28-22(18)32/h7-9,18,26H,1-6,10-15H2,(H,27,30)(H,28,31,32). The molecule has 2 heterocycles. The Hall–Kier alpha value is -2.75. The molecule has 2 aliphatic heterocycles. The number of halogens is 1. The van der Waals surface area contributed by atoms with Gasteiger partial charge in [0.1, 0.15) is 6.04 Å². The summed E-state index contributed by atoms with van der Waals surface area (Å²) in [6.07, 6.45) is 7.33. The van der Waals surface area contributed by atoms with Gasteiger partial charge in [-0.25, -0.2) is 0 Å². The van der Waals surface area contributed by atoms with Crippen molar-refractivity contribution in [2.45, 2.75) is 63.8 Å². The van der Waals surface area contributed by atoms with Crippen molar-refractivity contribution in [3.8, 4) is 0 Å². The van der Waals surface area contributed by atoms with Gasteiger partial charge in [-0.05, 0) is 31.4 Å². The minimum atomic E-state index is -0.998. The largest absolute Gasteiger partial charge is 0.383 e. The average molecular weight is 535 g/mol. The van der Waals surface area contributed by atoms with Gasteiger partial charge in [0.25, 0.3) is 11.8 Å². The number of benzene rings is 1. The van der Waals surface area contributed by atoms with Crippen molar-refractivity contribution < 1.29 is 24.0 Å². The number of piperidine rings is 1. The molecule has 1 aromatic carbocycles. The van der Waals surface area contributed by atoms with Gasteiger partial charge in [0.2, 0.25) is 17.7 Å². The first-order valence-electron chi connectivity index (χ1n) is 11.8. The molecule has 3 N–H and O–H groups in total. The number of nitrogens with one attached hydrogen (secondary N) is 3. The molecule has 184 valence electrons. The van der Waals surface area contributed by atoms with Crippen LogP contribution in [0.4, 0.5) is 5.69 Å². The Morgan fingerprint density at radius 1 is 1.00 bits per heavy atom. The monoisotopic (exact) mass is 534 g/mol. The number of nitrogens with zero attached hydrogens (tertiary/aromatic N) is 1. The lowest BCUT2D eigenvalue weighted by Gasteiger charge is -2.27. The zero-order valence-electron chi connectivity index (χ0n) is 19.2. The van der Waals surface area contributed by atoms with Crippen molar-refractivity contribution in [3.63, 3.8) is 0 Å². The van der Waals surface area contributed by atoms with Gasteiger partial charge in [0.05, 0.1) is 11.1 Å². The normalized spacial score (nSPS) is 17.6. The molecule has 1 aromatic rings. The Balaban J connectivity index is 1.46. The van der Waals surface area contributed by atoms with Gasteiger partial charge in [-0.3, -0.25) is 34.2 Å². The van der Waals surface area contributed by atoms with Gasteiger partial charge in [0, 0.05) is 36.9 Å². The van der Waals surface area contributed by atoms with Crippen LogP contribution in [-0.2, 0) is 14.4 Å². The molecule has 5 amide bonds. The third-order valence-corrected chi connectivity index (χ3v) is 6.58. The summed E-state index contributed by atoms with van der Waals surface area (Å²) in [5, 5.41) is 9.21. The van der Waals surface area contributed by atoms with E-state index >= 15 is 0 Å². The fourth-order valence-electron chi connectivity index (χ4n) is 4.24. The third kappa shape index (κ3) is 6.43. The number of alkyl halides is 1. The number of fused-ring (bicyclic) bond motifs is 1. The van der Waals surface area contributed by atoms with E-state index < -0.39 is 29.7 Å². The van der Waals surface area contributed by atoms with Crippen LogP contribution >= 0.6 is 15.9 Å². The van der Waals surface area contributed by atoms with Crippen molar-refractivity contribution >= 4 is 51.2 Å². The Bertz CT molecular complexity index is 951. The molecule has 2 aliphatic rings. The van der Waals surface area contributed by atoms with Crippen LogP contribution in [0.15, 0.2) is 18.2 Å². The van der Waals surface area contributed by atoms with E-state index in [0.717, 1.165) is 29.5 Å². The lowest BCUT2D eigenvalue weighted by atomic mass is 10.0. The molecule has 0 radical (unpaired) electrons. The molecule has 1 saturated heterocycles. The summed E-state index contributed by atoms with van der Waals surface area (Å²) in [5.74, 6) is -2.15. The predicted molar refractivity (Wildman–Crippen MR) is 131 cm³/mol. The SMILES string of the molecule is O=C(CCCCCCCCBr)NCCNc1cccc2c1C(=O)N(C1CCC(=O)NC1=O)C2=O. The van der Waals surface area contributed by atoms with E-state index in [-0.39, 0.29) is 29.9 Å². The van der Waals surface area contributed by atoms with Crippen molar-refractivity contribution in [1.82, 2.24) is 15.5 Å². The summed E-state index contributed by atoms with van der Waals surface area (Å²) in [7, 11) is 0. The van der Waals surface area contributed by atoms with E-state index in [0.29, 0.717) is 25.2 Å². The first-order chi connectivity index (χ1) is 16.4. The quantitative estimate of drug-likeness (QED) is 0.203. The van der Waals surface area contributed by atoms with Gasteiger partial charge in [-0.1, -0.05) is 47.7 Å². The molecule has 34 heavy (non-hydrogen) atoms. The van der Waals surface area contributed by atoms with Crippen molar-refractivity contribution in [2.24, 2.45) is 0 Å². The number of anilines is 1. The minimum absolute atomic E-state index is 0.00386. The zero-order chi connectivity index (χ0) is 24.5. The van der Waals surface area contributed by atoms with E-state index in [9.17, 15) is 24.0 Å². The van der Waals surface area contributed by atoms with E-state index in [1.54, 1.807) is 18.2 Å². The number of hydrogen-bond donors (Lipinski definition) is 3. The van der Waals surface area contributed by atoms with Gasteiger partial charge in [-0.15, -0.1) is 0 Å². The molecule has 0 saturated carbocycles. The third-order valence-electron chi connectivity index (χ3n) is 6.02. The van der Waals surface area contributed by atoms with Crippen LogP contribution in [-0.4, -0.2) is 58.9 Å². The van der Waals surface area contributed by atoms with Gasteiger partial charge >= 0.3 is 0 Å². The minimum Gasteiger partial charge on any atom is -0.383 e. The second-order valence-electron chi connectivity index (χ2n) is 8.51. The Kier molecular flexibility index (Phi) is 9.62. The molecular formula is C24H31BrN4O5. The fourth-order valence-corrected chi connectivity index (χ4v) is 4.63. The van der Waals surface area contributed by atoms with E-state index in [1.165, 1.54) is 19.3 Å². The molecule has 0 spiro atoms. The van der Waals surface area contributed by atoms with Gasteiger partial charge in [0.15, 0.2) is 0 Å². The van der Waals surface area contributed by atoms with Crippen LogP contribution in [0.5, 0.6) is 0 Å². The summed E-state index contributed by atoms with van der Waals surface area (Å²) >= 11 is 3.42. The number of imide groups is 2. The molecule has 3 rings (SSSR count). The maximum atomic E-state index is 13.1. The average Bonchev–Trinajstić information content (AvgIpc) is 3.07. The first kappa shape index (κ1) is 25.9. The summed E-state index contributed by atoms with van der Waals surface area (Å²) in [5.41, 5.74) is 0.909. The topological polar surface area (TPSA) is 125 Å².